The summed E-state index contributed by atoms with van der Waals surface area (Å²) < 4.78 is 27.9. The van der Waals surface area contributed by atoms with Crippen molar-refractivity contribution < 1.29 is 79.5 Å². The number of carbonyl (C=O) groups excluding carboxylic acids is 1. The van der Waals surface area contributed by atoms with Crippen LogP contribution in [-0.2, 0) is 9.47 Å². The van der Waals surface area contributed by atoms with Crippen molar-refractivity contribution in [2.75, 3.05) is 13.2 Å². The Hall–Kier alpha value is -3.55. The molecule has 43 heavy (non-hydrogen) atoms. The first-order valence-corrected chi connectivity index (χ1v) is 13.0. The monoisotopic (exact) mass is 610 g/mol. The number of benzene rings is 2. The lowest BCUT2D eigenvalue weighted by atomic mass is 9.99. The minimum Gasteiger partial charge on any atom is -0.504 e. The topological polar surface area (TPSA) is 266 Å². The molecule has 234 valence electrons. The number of phenolic OH excluding ortho intramolecular Hbond substituents is 2. The van der Waals surface area contributed by atoms with Gasteiger partial charge in [-0.25, -0.2) is 0 Å². The lowest BCUT2D eigenvalue weighted by molar-refractivity contribution is -0.278. The molecule has 10 atom stereocenters. The van der Waals surface area contributed by atoms with Gasteiger partial charge in [0.15, 0.2) is 17.3 Å². The van der Waals surface area contributed by atoms with E-state index in [4.69, 9.17) is 23.7 Å². The number of ketones is 1. The molecule has 16 heteroatoms. The second-order valence-corrected chi connectivity index (χ2v) is 10.1. The Morgan fingerprint density at radius 2 is 1.30 bits per heavy atom. The van der Waals surface area contributed by atoms with E-state index in [9.17, 15) is 55.9 Å². The number of carbonyl (C=O) groups is 1. The zero-order valence-corrected chi connectivity index (χ0v) is 22.1. The Kier molecular flexibility index (Phi) is 8.77. The van der Waals surface area contributed by atoms with Gasteiger partial charge in [0.05, 0.1) is 13.2 Å². The molecule has 5 rings (SSSR count). The average molecular weight is 611 g/mol. The number of hydrogen-bond donors (Lipinski definition) is 10. The molecule has 2 aromatic carbocycles. The van der Waals surface area contributed by atoms with Gasteiger partial charge in [0.1, 0.15) is 71.6 Å². The number of aliphatic hydroxyl groups is 8. The van der Waals surface area contributed by atoms with E-state index in [1.807, 2.05) is 0 Å². The molecule has 3 heterocycles. The highest BCUT2D eigenvalue weighted by molar-refractivity contribution is 6.16. The van der Waals surface area contributed by atoms with Crippen LogP contribution in [0.4, 0.5) is 0 Å². The maximum Gasteiger partial charge on any atom is 0.235 e. The fraction of sp³-hybridized carbons (Fsp3) is 0.444. The number of hydrogen-bond acceptors (Lipinski definition) is 16. The summed E-state index contributed by atoms with van der Waals surface area (Å²) in [5, 5.41) is 99.8. The van der Waals surface area contributed by atoms with Crippen molar-refractivity contribution in [3.05, 3.63) is 47.2 Å². The number of fused-ring (bicyclic) bond motifs is 1. The number of allylic oxidation sites excluding steroid dienone is 1. The lowest BCUT2D eigenvalue weighted by Gasteiger charge is -2.40. The highest BCUT2D eigenvalue weighted by Gasteiger charge is 2.47. The van der Waals surface area contributed by atoms with Crippen LogP contribution in [0.1, 0.15) is 15.9 Å². The Labute approximate surface area is 242 Å². The van der Waals surface area contributed by atoms with Gasteiger partial charge in [0.25, 0.3) is 0 Å². The van der Waals surface area contributed by atoms with Gasteiger partial charge in [-0.3, -0.25) is 4.79 Å². The van der Waals surface area contributed by atoms with Crippen LogP contribution >= 0.6 is 0 Å². The third-order valence-electron chi connectivity index (χ3n) is 7.20. The van der Waals surface area contributed by atoms with E-state index in [2.05, 4.69) is 0 Å². The molecule has 2 saturated heterocycles. The standard InChI is InChI=1S/C27H30O16/c28-7-16-20(33)22(35)24(37)26(42-16)39-10-5-13-18(19(32)15(40-13)4-9-1-2-11(30)12(31)3-9)14(6-10)41-27-25(38)23(36)21(34)17(8-29)43-27/h1-6,16-17,20-31,33-38H,7-8H2. The summed E-state index contributed by atoms with van der Waals surface area (Å²) >= 11 is 0. The SMILES string of the molecule is O=C1C(=Cc2ccc(O)c(O)c2)Oc2cc(OC3OC(CO)C(O)C(O)C3O)cc(OC3OC(CO)C(O)C(O)C3O)c21. The van der Waals surface area contributed by atoms with Gasteiger partial charge in [0.2, 0.25) is 18.4 Å². The molecule has 0 radical (unpaired) electrons. The smallest absolute Gasteiger partial charge is 0.235 e. The van der Waals surface area contributed by atoms with Crippen molar-refractivity contribution in [3.63, 3.8) is 0 Å². The van der Waals surface area contributed by atoms with Crippen molar-refractivity contribution in [2.24, 2.45) is 0 Å². The number of ether oxygens (including phenoxy) is 5. The zero-order valence-electron chi connectivity index (χ0n) is 22.1. The van der Waals surface area contributed by atoms with E-state index in [-0.39, 0.29) is 34.1 Å². The van der Waals surface area contributed by atoms with Gasteiger partial charge < -0.3 is 74.7 Å². The van der Waals surface area contributed by atoms with E-state index in [1.54, 1.807) is 0 Å². The number of Topliss-reactive ketones (excluding diaryl/α,β-unsaturated/α-hetero) is 1. The summed E-state index contributed by atoms with van der Waals surface area (Å²) in [6.07, 6.45) is -15.3. The highest BCUT2D eigenvalue weighted by atomic mass is 16.7. The fourth-order valence-corrected chi connectivity index (χ4v) is 4.78. The first-order chi connectivity index (χ1) is 20.4. The van der Waals surface area contributed by atoms with E-state index in [1.165, 1.54) is 30.3 Å². The van der Waals surface area contributed by atoms with Crippen LogP contribution < -0.4 is 14.2 Å². The highest BCUT2D eigenvalue weighted by Crippen LogP contribution is 2.43. The van der Waals surface area contributed by atoms with Crippen molar-refractivity contribution in [1.82, 2.24) is 0 Å². The minimum absolute atomic E-state index is 0.166. The van der Waals surface area contributed by atoms with Gasteiger partial charge in [0, 0.05) is 12.1 Å². The minimum atomic E-state index is -1.85. The van der Waals surface area contributed by atoms with Gasteiger partial charge in [-0.05, 0) is 23.8 Å². The van der Waals surface area contributed by atoms with Gasteiger partial charge in [-0.2, -0.15) is 0 Å². The summed E-state index contributed by atoms with van der Waals surface area (Å²) in [5.74, 6) is -2.58. The van der Waals surface area contributed by atoms with Crippen molar-refractivity contribution in [2.45, 2.75) is 61.4 Å². The van der Waals surface area contributed by atoms with Crippen molar-refractivity contribution >= 4 is 11.9 Å². The predicted molar refractivity (Wildman–Crippen MR) is 138 cm³/mol. The van der Waals surface area contributed by atoms with Crippen LogP contribution in [0.2, 0.25) is 0 Å². The maximum absolute atomic E-state index is 13.4. The molecule has 0 amide bonds. The van der Waals surface area contributed by atoms with Gasteiger partial charge >= 0.3 is 0 Å². The predicted octanol–water partition coefficient (Wildman–Crippen LogP) is -2.93. The summed E-state index contributed by atoms with van der Waals surface area (Å²) in [6.45, 7) is -1.48. The summed E-state index contributed by atoms with van der Waals surface area (Å²) in [6, 6.07) is 6.05. The second-order valence-electron chi connectivity index (χ2n) is 10.1. The van der Waals surface area contributed by atoms with Crippen LogP contribution in [0.15, 0.2) is 36.1 Å². The van der Waals surface area contributed by atoms with Crippen LogP contribution in [0, 0.1) is 0 Å². The molecule has 0 saturated carbocycles. The molecule has 10 unspecified atom stereocenters. The van der Waals surface area contributed by atoms with E-state index in [0.717, 1.165) is 6.07 Å². The molecule has 0 bridgehead atoms. The summed E-state index contributed by atoms with van der Waals surface area (Å²) in [7, 11) is 0. The fourth-order valence-electron chi connectivity index (χ4n) is 4.78. The quantitative estimate of drug-likeness (QED) is 0.111. The average Bonchev–Trinajstić information content (AvgIpc) is 3.29. The van der Waals surface area contributed by atoms with E-state index < -0.39 is 91.9 Å². The molecule has 3 aliphatic rings. The maximum atomic E-state index is 13.4. The molecular weight excluding hydrogens is 580 g/mol. The lowest BCUT2D eigenvalue weighted by Crippen LogP contribution is -2.60. The summed E-state index contributed by atoms with van der Waals surface area (Å²) in [4.78, 5) is 13.4. The largest absolute Gasteiger partial charge is 0.504 e. The van der Waals surface area contributed by atoms with Crippen molar-refractivity contribution in [3.8, 4) is 28.7 Å². The number of phenols is 2. The van der Waals surface area contributed by atoms with Crippen LogP contribution in [0.25, 0.3) is 6.08 Å². The Morgan fingerprint density at radius 3 is 1.86 bits per heavy atom. The first-order valence-electron chi connectivity index (χ1n) is 13.0. The Balaban J connectivity index is 1.51. The van der Waals surface area contributed by atoms with E-state index in [0.29, 0.717) is 0 Å². The van der Waals surface area contributed by atoms with Gasteiger partial charge in [-0.1, -0.05) is 6.07 Å². The molecule has 0 aromatic heterocycles. The molecule has 3 aliphatic heterocycles. The van der Waals surface area contributed by atoms with Crippen LogP contribution in [0.5, 0.6) is 28.7 Å². The normalized spacial score (nSPS) is 35.0. The molecule has 10 N–H and O–H groups in total. The third-order valence-corrected chi connectivity index (χ3v) is 7.20. The molecule has 2 aromatic rings. The Bertz CT molecular complexity index is 1370. The third kappa shape index (κ3) is 5.85. The molecular formula is C27H30O16. The number of aliphatic hydroxyl groups excluding tert-OH is 8. The molecule has 0 aliphatic carbocycles. The Morgan fingerprint density at radius 1 is 0.721 bits per heavy atom. The van der Waals surface area contributed by atoms with Gasteiger partial charge in [-0.15, -0.1) is 0 Å². The summed E-state index contributed by atoms with van der Waals surface area (Å²) in [5.41, 5.74) is 0.0491. The first kappa shape index (κ1) is 30.9. The second kappa shape index (κ2) is 12.2. The van der Waals surface area contributed by atoms with E-state index >= 15 is 0 Å². The molecule has 0 spiro atoms. The number of aromatic hydroxyl groups is 2. The zero-order chi connectivity index (χ0) is 31.2. The molecule has 16 nitrogen and oxygen atoms in total. The van der Waals surface area contributed by atoms with Crippen LogP contribution in [-0.4, -0.2) is 131 Å². The number of rotatable bonds is 7. The van der Waals surface area contributed by atoms with Crippen molar-refractivity contribution in [1.29, 1.82) is 0 Å². The van der Waals surface area contributed by atoms with Crippen LogP contribution in [0.3, 0.4) is 0 Å². The molecule has 2 fully saturated rings.